The molecule has 2 N–H and O–H groups in total. The Balaban J connectivity index is 1.71. The zero-order chi connectivity index (χ0) is 14.7. The molecule has 0 bridgehead atoms. The molecule has 0 saturated heterocycles. The molecule has 0 aliphatic carbocycles. The zero-order valence-electron chi connectivity index (χ0n) is 12.0. The lowest BCUT2D eigenvalue weighted by Gasteiger charge is -2.26. The van der Waals surface area contributed by atoms with Crippen molar-refractivity contribution >= 4 is 5.69 Å². The summed E-state index contributed by atoms with van der Waals surface area (Å²) in [6, 6.07) is 13.7. The van der Waals surface area contributed by atoms with Gasteiger partial charge in [-0.3, -0.25) is 0 Å². The van der Waals surface area contributed by atoms with Crippen LogP contribution < -0.4 is 15.2 Å². The fourth-order valence-electron chi connectivity index (χ4n) is 2.57. The van der Waals surface area contributed by atoms with Gasteiger partial charge in [-0.15, -0.1) is 0 Å². The molecule has 1 aliphatic heterocycles. The van der Waals surface area contributed by atoms with Crippen molar-refractivity contribution in [3.63, 3.8) is 0 Å². The summed E-state index contributed by atoms with van der Waals surface area (Å²) in [6.45, 7) is 1.18. The Morgan fingerprint density at radius 2 is 2.10 bits per heavy atom. The van der Waals surface area contributed by atoms with Crippen LogP contribution in [-0.4, -0.2) is 20.3 Å². The van der Waals surface area contributed by atoms with Gasteiger partial charge in [0.25, 0.3) is 0 Å². The summed E-state index contributed by atoms with van der Waals surface area (Å²) < 4.78 is 16.8. The molecule has 4 heteroatoms. The van der Waals surface area contributed by atoms with Gasteiger partial charge < -0.3 is 19.9 Å². The van der Waals surface area contributed by atoms with Gasteiger partial charge in [0, 0.05) is 6.07 Å². The maximum atomic E-state index is 5.96. The summed E-state index contributed by atoms with van der Waals surface area (Å²) in [4.78, 5) is 0. The average molecular weight is 285 g/mol. The third kappa shape index (κ3) is 2.95. The van der Waals surface area contributed by atoms with E-state index in [0.717, 1.165) is 18.8 Å². The largest absolute Gasteiger partial charge is 0.497 e. The predicted octanol–water partition coefficient (Wildman–Crippen LogP) is 2.97. The van der Waals surface area contributed by atoms with Crippen molar-refractivity contribution in [1.82, 2.24) is 0 Å². The van der Waals surface area contributed by atoms with Crippen molar-refractivity contribution < 1.29 is 14.2 Å². The molecule has 0 fully saturated rings. The van der Waals surface area contributed by atoms with Crippen LogP contribution in [0.4, 0.5) is 5.69 Å². The summed E-state index contributed by atoms with van der Waals surface area (Å²) in [5.41, 5.74) is 9.07. The van der Waals surface area contributed by atoms with E-state index in [4.69, 9.17) is 19.9 Å². The first kappa shape index (κ1) is 13.8. The van der Waals surface area contributed by atoms with Crippen molar-refractivity contribution in [2.24, 2.45) is 0 Å². The molecule has 0 saturated carbocycles. The van der Waals surface area contributed by atoms with Gasteiger partial charge in [-0.2, -0.15) is 0 Å². The van der Waals surface area contributed by atoms with E-state index in [9.17, 15) is 0 Å². The van der Waals surface area contributed by atoms with E-state index >= 15 is 0 Å². The highest BCUT2D eigenvalue weighted by atomic mass is 16.5. The second-order valence-corrected chi connectivity index (χ2v) is 5.02. The monoisotopic (exact) mass is 285 g/mol. The molecular weight excluding hydrogens is 266 g/mol. The van der Waals surface area contributed by atoms with Crippen LogP contribution in [-0.2, 0) is 11.2 Å². The fourth-order valence-corrected chi connectivity index (χ4v) is 2.57. The molecule has 0 radical (unpaired) electrons. The molecule has 21 heavy (non-hydrogen) atoms. The summed E-state index contributed by atoms with van der Waals surface area (Å²) in [7, 11) is 1.61. The summed E-state index contributed by atoms with van der Waals surface area (Å²) in [5, 5.41) is 0. The second kappa shape index (κ2) is 6.06. The minimum absolute atomic E-state index is 0.0450. The van der Waals surface area contributed by atoms with Gasteiger partial charge in [0.05, 0.1) is 19.4 Å². The van der Waals surface area contributed by atoms with Crippen LogP contribution >= 0.6 is 0 Å². The zero-order valence-corrected chi connectivity index (χ0v) is 12.0. The van der Waals surface area contributed by atoms with E-state index in [1.54, 1.807) is 13.2 Å². The van der Waals surface area contributed by atoms with Gasteiger partial charge in [-0.25, -0.2) is 0 Å². The number of benzene rings is 2. The molecule has 1 unspecified atom stereocenters. The van der Waals surface area contributed by atoms with Gasteiger partial charge in [0.1, 0.15) is 24.2 Å². The highest BCUT2D eigenvalue weighted by molar-refractivity contribution is 5.56. The van der Waals surface area contributed by atoms with Crippen molar-refractivity contribution in [1.29, 1.82) is 0 Å². The molecular formula is C17H19NO3. The van der Waals surface area contributed by atoms with E-state index in [-0.39, 0.29) is 6.10 Å². The van der Waals surface area contributed by atoms with Crippen LogP contribution in [0.5, 0.6) is 11.5 Å². The van der Waals surface area contributed by atoms with Gasteiger partial charge in [-0.05, 0) is 29.7 Å². The number of rotatable bonds is 4. The molecule has 3 rings (SSSR count). The van der Waals surface area contributed by atoms with Gasteiger partial charge in [0.15, 0.2) is 0 Å². The Bertz CT molecular complexity index is 627. The topological polar surface area (TPSA) is 53.7 Å². The number of anilines is 1. The highest BCUT2D eigenvalue weighted by Crippen LogP contribution is 2.30. The highest BCUT2D eigenvalue weighted by Gasteiger charge is 2.21. The first-order chi connectivity index (χ1) is 10.3. The predicted molar refractivity (Wildman–Crippen MR) is 81.7 cm³/mol. The van der Waals surface area contributed by atoms with Crippen molar-refractivity contribution in [3.8, 4) is 11.5 Å². The van der Waals surface area contributed by atoms with Crippen LogP contribution in [0.15, 0.2) is 42.5 Å². The quantitative estimate of drug-likeness (QED) is 0.877. The number of hydrogen-bond donors (Lipinski definition) is 1. The third-order valence-corrected chi connectivity index (χ3v) is 3.70. The molecule has 1 aliphatic rings. The summed E-state index contributed by atoms with van der Waals surface area (Å²) in [6.07, 6.45) is 0.911. The molecule has 0 spiro atoms. The van der Waals surface area contributed by atoms with E-state index in [1.807, 2.05) is 18.2 Å². The van der Waals surface area contributed by atoms with Crippen LogP contribution in [0, 0.1) is 0 Å². The van der Waals surface area contributed by atoms with E-state index in [0.29, 0.717) is 18.0 Å². The van der Waals surface area contributed by atoms with Crippen LogP contribution in [0.25, 0.3) is 0 Å². The lowest BCUT2D eigenvalue weighted by Crippen LogP contribution is -2.21. The Labute approximate surface area is 124 Å². The summed E-state index contributed by atoms with van der Waals surface area (Å²) in [5.74, 6) is 1.38. The fraction of sp³-hybridized carbons (Fsp3) is 0.294. The van der Waals surface area contributed by atoms with Crippen molar-refractivity contribution in [3.05, 3.63) is 53.6 Å². The van der Waals surface area contributed by atoms with E-state index < -0.39 is 0 Å². The standard InChI is InChI=1S/C17H19NO3/c1-19-13-6-7-16(15(18)10-13)21-11-17-14-5-3-2-4-12(14)8-9-20-17/h2-7,10,17H,8-9,11,18H2,1H3. The van der Waals surface area contributed by atoms with Crippen molar-refractivity contribution in [2.45, 2.75) is 12.5 Å². The van der Waals surface area contributed by atoms with E-state index in [2.05, 4.69) is 18.2 Å². The van der Waals surface area contributed by atoms with Gasteiger partial charge in [-0.1, -0.05) is 24.3 Å². The van der Waals surface area contributed by atoms with Crippen LogP contribution in [0.2, 0.25) is 0 Å². The molecule has 1 heterocycles. The SMILES string of the molecule is COc1ccc(OCC2OCCc3ccccc32)c(N)c1. The lowest BCUT2D eigenvalue weighted by atomic mass is 9.98. The number of ether oxygens (including phenoxy) is 3. The molecule has 110 valence electrons. The van der Waals surface area contributed by atoms with Crippen LogP contribution in [0.3, 0.4) is 0 Å². The Morgan fingerprint density at radius 1 is 1.24 bits per heavy atom. The van der Waals surface area contributed by atoms with Crippen LogP contribution in [0.1, 0.15) is 17.2 Å². The number of methoxy groups -OCH3 is 1. The Morgan fingerprint density at radius 3 is 2.90 bits per heavy atom. The maximum Gasteiger partial charge on any atom is 0.142 e. The van der Waals surface area contributed by atoms with Gasteiger partial charge in [0.2, 0.25) is 0 Å². The number of nitrogens with two attached hydrogens (primary N) is 1. The third-order valence-electron chi connectivity index (χ3n) is 3.70. The number of nitrogen functional groups attached to an aromatic ring is 1. The maximum absolute atomic E-state index is 5.96. The average Bonchev–Trinajstić information content (AvgIpc) is 2.53. The second-order valence-electron chi connectivity index (χ2n) is 5.02. The smallest absolute Gasteiger partial charge is 0.142 e. The number of hydrogen-bond acceptors (Lipinski definition) is 4. The first-order valence-corrected chi connectivity index (χ1v) is 7.03. The minimum Gasteiger partial charge on any atom is -0.497 e. The molecule has 0 amide bonds. The van der Waals surface area contributed by atoms with E-state index in [1.165, 1.54) is 11.1 Å². The molecule has 0 aromatic heterocycles. The molecule has 2 aromatic rings. The molecule has 2 aromatic carbocycles. The van der Waals surface area contributed by atoms with Gasteiger partial charge >= 0.3 is 0 Å². The first-order valence-electron chi connectivity index (χ1n) is 7.03. The summed E-state index contributed by atoms with van der Waals surface area (Å²) >= 11 is 0. The molecule has 1 atom stereocenters. The normalized spacial score (nSPS) is 17.1. The number of fused-ring (bicyclic) bond motifs is 1. The Kier molecular flexibility index (Phi) is 3.97. The van der Waals surface area contributed by atoms with Crippen molar-refractivity contribution in [2.75, 3.05) is 26.1 Å². The minimum atomic E-state index is -0.0450. The Hall–Kier alpha value is -2.20. The molecule has 4 nitrogen and oxygen atoms in total. The lowest BCUT2D eigenvalue weighted by molar-refractivity contribution is 0.0104.